The third-order valence-electron chi connectivity index (χ3n) is 7.07. The van der Waals surface area contributed by atoms with Gasteiger partial charge in [-0.2, -0.15) is 0 Å². The highest BCUT2D eigenvalue weighted by atomic mass is 79.9. The zero-order valence-electron chi connectivity index (χ0n) is 21.5. The third-order valence-corrected chi connectivity index (χ3v) is 7.76. The smallest absolute Gasteiger partial charge is 0.255 e. The molecule has 196 valence electrons. The lowest BCUT2D eigenvalue weighted by Gasteiger charge is -2.36. The molecule has 7 heteroatoms. The quantitative estimate of drug-likeness (QED) is 0.297. The Morgan fingerprint density at radius 1 is 0.973 bits per heavy atom. The van der Waals surface area contributed by atoms with Gasteiger partial charge in [0.2, 0.25) is 5.91 Å². The number of carbonyl (C=O) groups is 2. The standard InChI is InChI=1S/C30H36BrN3O3/c1-37-20-19-33(30(36)27-16-8-9-17-28(27)31)23-29(35)34(25-13-6-3-7-14-25)22-26-15-10-18-32(26)21-24-11-4-2-5-12-24/h2,4-5,8-12,15-18,25H,3,6-7,13-14,19-23H2,1H3. The molecule has 0 N–H and O–H groups in total. The number of rotatable bonds is 11. The molecule has 6 nitrogen and oxygen atoms in total. The van der Waals surface area contributed by atoms with E-state index in [1.54, 1.807) is 18.1 Å². The highest BCUT2D eigenvalue weighted by molar-refractivity contribution is 9.10. The first-order valence-electron chi connectivity index (χ1n) is 13.1. The second-order valence-electron chi connectivity index (χ2n) is 9.63. The lowest BCUT2D eigenvalue weighted by Crippen LogP contribution is -2.48. The van der Waals surface area contributed by atoms with Gasteiger partial charge in [-0.15, -0.1) is 0 Å². The average Bonchev–Trinajstić information content (AvgIpc) is 3.36. The predicted octanol–water partition coefficient (Wildman–Crippen LogP) is 5.75. The molecule has 0 spiro atoms. The fraction of sp³-hybridized carbons (Fsp3) is 0.400. The number of aromatic nitrogens is 1. The van der Waals surface area contributed by atoms with Crippen LogP contribution in [0.2, 0.25) is 0 Å². The fourth-order valence-corrected chi connectivity index (χ4v) is 5.48. The molecule has 0 saturated heterocycles. The summed E-state index contributed by atoms with van der Waals surface area (Å²) in [4.78, 5) is 31.0. The first-order chi connectivity index (χ1) is 18.1. The second kappa shape index (κ2) is 13.6. The molecule has 0 bridgehead atoms. The topological polar surface area (TPSA) is 54.8 Å². The molecule has 3 aromatic rings. The van der Waals surface area contributed by atoms with Crippen molar-refractivity contribution in [1.29, 1.82) is 0 Å². The molecule has 37 heavy (non-hydrogen) atoms. The van der Waals surface area contributed by atoms with Crippen LogP contribution in [0.5, 0.6) is 0 Å². The molecule has 2 amide bonds. The third kappa shape index (κ3) is 7.33. The van der Waals surface area contributed by atoms with Crippen LogP contribution in [0.15, 0.2) is 77.4 Å². The zero-order valence-corrected chi connectivity index (χ0v) is 23.1. The Hall–Kier alpha value is -2.90. The van der Waals surface area contributed by atoms with E-state index in [4.69, 9.17) is 4.74 Å². The largest absolute Gasteiger partial charge is 0.383 e. The van der Waals surface area contributed by atoms with Crippen molar-refractivity contribution in [3.05, 3.63) is 94.2 Å². The summed E-state index contributed by atoms with van der Waals surface area (Å²) in [5, 5.41) is 0. The van der Waals surface area contributed by atoms with Crippen LogP contribution in [0.4, 0.5) is 0 Å². The summed E-state index contributed by atoms with van der Waals surface area (Å²) in [6.07, 6.45) is 7.55. The number of nitrogens with zero attached hydrogens (tertiary/aromatic N) is 3. The van der Waals surface area contributed by atoms with Crippen LogP contribution < -0.4 is 0 Å². The van der Waals surface area contributed by atoms with Crippen LogP contribution in [0.1, 0.15) is 53.7 Å². The number of amides is 2. The Labute approximate surface area is 228 Å². The van der Waals surface area contributed by atoms with Gasteiger partial charge in [0.1, 0.15) is 6.54 Å². The Bertz CT molecular complexity index is 1160. The van der Waals surface area contributed by atoms with Crippen LogP contribution in [0.25, 0.3) is 0 Å². The summed E-state index contributed by atoms with van der Waals surface area (Å²) in [7, 11) is 1.61. The number of methoxy groups -OCH3 is 1. The van der Waals surface area contributed by atoms with Crippen LogP contribution in [0, 0.1) is 0 Å². The molecule has 0 radical (unpaired) electrons. The molecule has 1 aliphatic carbocycles. The van der Waals surface area contributed by atoms with Crippen LogP contribution in [-0.2, 0) is 22.6 Å². The lowest BCUT2D eigenvalue weighted by molar-refractivity contribution is -0.136. The Kier molecular flexibility index (Phi) is 9.97. The van der Waals surface area contributed by atoms with E-state index in [1.807, 2.05) is 47.4 Å². The molecular formula is C30H36BrN3O3. The normalized spacial score (nSPS) is 13.9. The lowest BCUT2D eigenvalue weighted by atomic mass is 9.94. The number of hydrogen-bond acceptors (Lipinski definition) is 3. The van der Waals surface area contributed by atoms with Gasteiger partial charge in [-0.25, -0.2) is 0 Å². The SMILES string of the molecule is COCCN(CC(=O)N(Cc1cccn1Cc1ccccc1)C1CCCCC1)C(=O)c1ccccc1Br. The van der Waals surface area contributed by atoms with E-state index >= 15 is 0 Å². The maximum atomic E-state index is 13.9. The Morgan fingerprint density at radius 3 is 2.43 bits per heavy atom. The van der Waals surface area contributed by atoms with E-state index < -0.39 is 0 Å². The van der Waals surface area contributed by atoms with Gasteiger partial charge in [0, 0.05) is 42.6 Å². The second-order valence-corrected chi connectivity index (χ2v) is 10.5. The molecule has 1 aromatic heterocycles. The number of halogens is 1. The Balaban J connectivity index is 1.55. The fourth-order valence-electron chi connectivity index (χ4n) is 5.03. The molecule has 1 saturated carbocycles. The molecule has 1 heterocycles. The van der Waals surface area contributed by atoms with E-state index in [1.165, 1.54) is 12.0 Å². The summed E-state index contributed by atoms with van der Waals surface area (Å²) in [6, 6.07) is 22.0. The van der Waals surface area contributed by atoms with Crippen molar-refractivity contribution < 1.29 is 14.3 Å². The van der Waals surface area contributed by atoms with Crippen molar-refractivity contribution in [2.24, 2.45) is 0 Å². The summed E-state index contributed by atoms with van der Waals surface area (Å²) in [5.41, 5.74) is 2.87. The van der Waals surface area contributed by atoms with Gasteiger partial charge >= 0.3 is 0 Å². The van der Waals surface area contributed by atoms with E-state index in [-0.39, 0.29) is 24.4 Å². The van der Waals surface area contributed by atoms with E-state index in [2.05, 4.69) is 44.9 Å². The molecule has 1 aliphatic rings. The number of hydrogen-bond donors (Lipinski definition) is 0. The van der Waals surface area contributed by atoms with Crippen molar-refractivity contribution in [3.8, 4) is 0 Å². The van der Waals surface area contributed by atoms with Crippen molar-refractivity contribution in [2.75, 3.05) is 26.8 Å². The molecule has 4 rings (SSSR count). The summed E-state index contributed by atoms with van der Waals surface area (Å²) in [6.45, 7) is 2.04. The van der Waals surface area contributed by atoms with Crippen molar-refractivity contribution in [3.63, 3.8) is 0 Å². The van der Waals surface area contributed by atoms with Crippen LogP contribution in [-0.4, -0.2) is 59.0 Å². The van der Waals surface area contributed by atoms with Crippen molar-refractivity contribution in [2.45, 2.75) is 51.2 Å². The Morgan fingerprint density at radius 2 is 1.70 bits per heavy atom. The molecule has 0 aliphatic heterocycles. The molecule has 1 fully saturated rings. The van der Waals surface area contributed by atoms with Gasteiger partial charge < -0.3 is 19.1 Å². The summed E-state index contributed by atoms with van der Waals surface area (Å²) in [5.74, 6) is -0.190. The minimum Gasteiger partial charge on any atom is -0.383 e. The highest BCUT2D eigenvalue weighted by Gasteiger charge is 2.29. The van der Waals surface area contributed by atoms with Crippen molar-refractivity contribution in [1.82, 2.24) is 14.4 Å². The average molecular weight is 567 g/mol. The predicted molar refractivity (Wildman–Crippen MR) is 149 cm³/mol. The van der Waals surface area contributed by atoms with Crippen LogP contribution in [0.3, 0.4) is 0 Å². The van der Waals surface area contributed by atoms with Gasteiger partial charge in [-0.05, 0) is 58.6 Å². The summed E-state index contributed by atoms with van der Waals surface area (Å²) < 4.78 is 8.21. The summed E-state index contributed by atoms with van der Waals surface area (Å²) >= 11 is 3.49. The van der Waals surface area contributed by atoms with Gasteiger partial charge in [-0.3, -0.25) is 9.59 Å². The molecular weight excluding hydrogens is 530 g/mol. The van der Waals surface area contributed by atoms with E-state index in [0.717, 1.165) is 42.4 Å². The molecule has 0 unspecified atom stereocenters. The maximum absolute atomic E-state index is 13.9. The monoisotopic (exact) mass is 565 g/mol. The molecule has 2 aromatic carbocycles. The highest BCUT2D eigenvalue weighted by Crippen LogP contribution is 2.25. The van der Waals surface area contributed by atoms with Gasteiger partial charge in [-0.1, -0.05) is 61.7 Å². The van der Waals surface area contributed by atoms with Crippen molar-refractivity contribution >= 4 is 27.7 Å². The zero-order chi connectivity index (χ0) is 26.0. The minimum atomic E-state index is -0.172. The number of benzene rings is 2. The van der Waals surface area contributed by atoms with Gasteiger partial charge in [0.25, 0.3) is 5.91 Å². The number of carbonyl (C=O) groups excluding carboxylic acids is 2. The molecule has 0 atom stereocenters. The number of ether oxygens (including phenoxy) is 1. The van der Waals surface area contributed by atoms with Crippen LogP contribution >= 0.6 is 15.9 Å². The van der Waals surface area contributed by atoms with Gasteiger partial charge in [0.15, 0.2) is 0 Å². The minimum absolute atomic E-state index is 0.0177. The van der Waals surface area contributed by atoms with E-state index in [9.17, 15) is 9.59 Å². The van der Waals surface area contributed by atoms with Gasteiger partial charge in [0.05, 0.1) is 18.7 Å². The maximum Gasteiger partial charge on any atom is 0.255 e. The first-order valence-corrected chi connectivity index (χ1v) is 13.9. The van der Waals surface area contributed by atoms with E-state index in [0.29, 0.717) is 25.3 Å². The first kappa shape index (κ1) is 27.1.